The van der Waals surface area contributed by atoms with E-state index in [-0.39, 0.29) is 32.0 Å². The minimum Gasteiger partial charge on any atom is -0.759 e. The molecule has 0 heterocycles. The van der Waals surface area contributed by atoms with E-state index in [0.29, 0.717) is 0 Å². The van der Waals surface area contributed by atoms with Gasteiger partial charge in [0.2, 0.25) is 0 Å². The maximum absolute atomic E-state index is 8.52. The number of hydrogen-bond donors (Lipinski definition) is 2. The molecule has 0 fully saturated rings. The molecule has 0 bridgehead atoms. The number of rotatable bonds is 3. The van der Waals surface area contributed by atoms with Gasteiger partial charge in [-0.2, -0.15) is 0 Å². The largest absolute Gasteiger partial charge is 2.00 e. The summed E-state index contributed by atoms with van der Waals surface area (Å²) in [7, 11) is -5.17. The van der Waals surface area contributed by atoms with Crippen LogP contribution in [0.3, 0.4) is 0 Å². The van der Waals surface area contributed by atoms with Crippen LogP contribution in [-0.2, 0) is 31.5 Å². The summed E-state index contributed by atoms with van der Waals surface area (Å²) >= 11 is 0. The molecule has 0 radical (unpaired) electrons. The fraction of sp³-hybridized carbons (Fsp3) is 1.00. The van der Waals surface area contributed by atoms with Crippen LogP contribution in [0.5, 0.6) is 0 Å². The normalized spacial score (nSPS) is 8.00. The maximum Gasteiger partial charge on any atom is 2.00 e. The standard InChI is InChI=1S/C4H12N2.H2O4S.2H2O.Pt/c5-3-1-2-4-6;1-5(2,3)4;;;/h1-6H2;(H2,1,2,3,4);2*1H2;/q;;;;+2/p-2. The van der Waals surface area contributed by atoms with Gasteiger partial charge < -0.3 is 31.5 Å². The van der Waals surface area contributed by atoms with Crippen LogP contribution < -0.4 is 11.5 Å². The van der Waals surface area contributed by atoms with Gasteiger partial charge in [-0.25, -0.2) is 0 Å². The van der Waals surface area contributed by atoms with Gasteiger partial charge in [0.15, 0.2) is 0 Å². The molecule has 94 valence electrons. The molecule has 0 aliphatic rings. The van der Waals surface area contributed by atoms with Crippen molar-refractivity contribution >= 4 is 10.4 Å². The van der Waals surface area contributed by atoms with Crippen molar-refractivity contribution in [2.24, 2.45) is 11.5 Å². The van der Waals surface area contributed by atoms with Gasteiger partial charge in [0.05, 0.1) is 0 Å². The first kappa shape index (κ1) is 29.3. The smallest absolute Gasteiger partial charge is 0.759 e. The summed E-state index contributed by atoms with van der Waals surface area (Å²) in [5.41, 5.74) is 10.3. The first-order valence-electron chi connectivity index (χ1n) is 2.98. The Morgan fingerprint density at radius 1 is 0.929 bits per heavy atom. The van der Waals surface area contributed by atoms with Crippen LogP contribution in [0.4, 0.5) is 0 Å². The molecule has 0 saturated heterocycles. The summed E-state index contributed by atoms with van der Waals surface area (Å²) < 4.78 is 34.1. The topological polar surface area (TPSA) is 195 Å². The minimum absolute atomic E-state index is 0. The molecule has 0 spiro atoms. The fourth-order valence-corrected chi connectivity index (χ4v) is 0.289. The monoisotopic (exact) mass is 415 g/mol. The maximum atomic E-state index is 8.52. The fourth-order valence-electron chi connectivity index (χ4n) is 0.289. The molecule has 14 heavy (non-hydrogen) atoms. The van der Waals surface area contributed by atoms with Crippen LogP contribution in [-0.4, -0.2) is 41.6 Å². The van der Waals surface area contributed by atoms with Gasteiger partial charge in [0.1, 0.15) is 0 Å². The van der Waals surface area contributed by atoms with Gasteiger partial charge in [0.25, 0.3) is 0 Å². The predicted molar refractivity (Wildman–Crippen MR) is 45.0 cm³/mol. The molecular formula is C4H16N2O6PtS. The summed E-state index contributed by atoms with van der Waals surface area (Å²) in [6.45, 7) is 1.55. The molecule has 0 aromatic rings. The zero-order valence-corrected chi connectivity index (χ0v) is 10.4. The van der Waals surface area contributed by atoms with Gasteiger partial charge in [0, 0.05) is 10.4 Å². The first-order valence-corrected chi connectivity index (χ1v) is 4.32. The first-order chi connectivity index (χ1) is 4.91. The Morgan fingerprint density at radius 2 is 1.07 bits per heavy atom. The van der Waals surface area contributed by atoms with E-state index in [4.69, 9.17) is 29.0 Å². The van der Waals surface area contributed by atoms with Gasteiger partial charge in [-0.05, 0) is 25.9 Å². The van der Waals surface area contributed by atoms with Gasteiger partial charge >= 0.3 is 21.1 Å². The molecule has 0 rings (SSSR count). The van der Waals surface area contributed by atoms with Crippen molar-refractivity contribution < 1.29 is 49.5 Å². The van der Waals surface area contributed by atoms with Crippen LogP contribution in [0.1, 0.15) is 12.8 Å². The summed E-state index contributed by atoms with van der Waals surface area (Å²) in [4.78, 5) is 0. The summed E-state index contributed by atoms with van der Waals surface area (Å²) in [5.74, 6) is 0. The third-order valence-electron chi connectivity index (χ3n) is 0.658. The molecular weight excluding hydrogens is 399 g/mol. The molecule has 10 heteroatoms. The average molecular weight is 415 g/mol. The Hall–Kier alpha value is 0.398. The second-order valence-electron chi connectivity index (χ2n) is 1.69. The van der Waals surface area contributed by atoms with Gasteiger partial charge in [-0.3, -0.25) is 8.42 Å². The van der Waals surface area contributed by atoms with Crippen LogP contribution in [0.25, 0.3) is 0 Å². The van der Waals surface area contributed by atoms with E-state index in [1.165, 1.54) is 0 Å². The van der Waals surface area contributed by atoms with E-state index in [2.05, 4.69) is 0 Å². The Bertz CT molecular complexity index is 151. The SMILES string of the molecule is NCCCCN.O.O.O=S(=O)([O-])[O-].[Pt+2]. The third kappa shape index (κ3) is 139. The molecule has 0 aromatic carbocycles. The minimum atomic E-state index is -5.17. The number of hydrogen-bond acceptors (Lipinski definition) is 6. The summed E-state index contributed by atoms with van der Waals surface area (Å²) in [5, 5.41) is 0. The van der Waals surface area contributed by atoms with E-state index in [0.717, 1.165) is 25.9 Å². The van der Waals surface area contributed by atoms with Crippen molar-refractivity contribution in [1.29, 1.82) is 0 Å². The molecule has 0 amide bonds. The zero-order chi connectivity index (χ0) is 9.33. The molecule has 0 saturated carbocycles. The van der Waals surface area contributed by atoms with Crippen LogP contribution in [0, 0.1) is 0 Å². The van der Waals surface area contributed by atoms with E-state index in [9.17, 15) is 0 Å². The molecule has 0 aliphatic heterocycles. The molecule has 8 N–H and O–H groups in total. The predicted octanol–water partition coefficient (Wildman–Crippen LogP) is -3.31. The quantitative estimate of drug-likeness (QED) is 0.275. The van der Waals surface area contributed by atoms with Crippen molar-refractivity contribution in [1.82, 2.24) is 0 Å². The molecule has 0 aromatic heterocycles. The second-order valence-corrected chi connectivity index (χ2v) is 2.51. The Kier molecular flexibility index (Phi) is 39.8. The summed E-state index contributed by atoms with van der Waals surface area (Å²) in [6, 6.07) is 0. The van der Waals surface area contributed by atoms with Crippen molar-refractivity contribution in [2.75, 3.05) is 13.1 Å². The van der Waals surface area contributed by atoms with E-state index in [1.54, 1.807) is 0 Å². The second kappa shape index (κ2) is 19.0. The van der Waals surface area contributed by atoms with Crippen LogP contribution in [0.2, 0.25) is 0 Å². The zero-order valence-electron chi connectivity index (χ0n) is 7.34. The number of unbranched alkanes of at least 4 members (excludes halogenated alkanes) is 1. The Balaban J connectivity index is -0.0000000321. The van der Waals surface area contributed by atoms with E-state index in [1.807, 2.05) is 0 Å². The van der Waals surface area contributed by atoms with Gasteiger partial charge in [-0.1, -0.05) is 0 Å². The molecule has 0 aliphatic carbocycles. The van der Waals surface area contributed by atoms with Crippen molar-refractivity contribution in [3.8, 4) is 0 Å². The third-order valence-corrected chi connectivity index (χ3v) is 0.658. The molecule has 0 unspecified atom stereocenters. The van der Waals surface area contributed by atoms with Crippen molar-refractivity contribution in [3.63, 3.8) is 0 Å². The Morgan fingerprint density at radius 3 is 1.14 bits per heavy atom. The number of nitrogens with two attached hydrogens (primary N) is 2. The van der Waals surface area contributed by atoms with Gasteiger partial charge in [-0.15, -0.1) is 0 Å². The summed E-state index contributed by atoms with van der Waals surface area (Å²) in [6.07, 6.45) is 2.13. The van der Waals surface area contributed by atoms with Crippen molar-refractivity contribution in [3.05, 3.63) is 0 Å². The van der Waals surface area contributed by atoms with E-state index >= 15 is 0 Å². The molecule has 0 atom stereocenters. The Labute approximate surface area is 97.5 Å². The van der Waals surface area contributed by atoms with Crippen LogP contribution in [0.15, 0.2) is 0 Å². The molecule has 8 nitrogen and oxygen atoms in total. The van der Waals surface area contributed by atoms with Crippen molar-refractivity contribution in [2.45, 2.75) is 12.8 Å². The van der Waals surface area contributed by atoms with Crippen LogP contribution >= 0.6 is 0 Å². The van der Waals surface area contributed by atoms with E-state index < -0.39 is 10.4 Å². The average Bonchev–Trinajstić information content (AvgIpc) is 1.79.